The average Bonchev–Trinajstić information content (AvgIpc) is 2.79. The van der Waals surface area contributed by atoms with Crippen molar-refractivity contribution in [2.45, 2.75) is 44.8 Å². The summed E-state index contributed by atoms with van der Waals surface area (Å²) in [5.41, 5.74) is 2.69. The predicted molar refractivity (Wildman–Crippen MR) is 74.1 cm³/mol. The van der Waals surface area contributed by atoms with E-state index in [2.05, 4.69) is 42.6 Å². The van der Waals surface area contributed by atoms with Gasteiger partial charge in [0.2, 0.25) is 0 Å². The molecule has 2 atom stereocenters. The highest BCUT2D eigenvalue weighted by atomic mass is 16.5. The summed E-state index contributed by atoms with van der Waals surface area (Å²) in [6, 6.07) is 7.12. The van der Waals surface area contributed by atoms with Crippen molar-refractivity contribution in [1.29, 1.82) is 0 Å². The Morgan fingerprint density at radius 3 is 3.11 bits per heavy atom. The first-order valence-corrected chi connectivity index (χ1v) is 6.96. The molecule has 2 heteroatoms. The molecule has 18 heavy (non-hydrogen) atoms. The fourth-order valence-corrected chi connectivity index (χ4v) is 2.84. The SMILES string of the molecule is Cc1ccc2c(c1)CC(CNC1CC=CCC1)O2. The molecule has 2 nitrogen and oxygen atoms in total. The van der Waals surface area contributed by atoms with E-state index in [0.29, 0.717) is 12.1 Å². The van der Waals surface area contributed by atoms with Crippen molar-refractivity contribution < 1.29 is 4.74 Å². The van der Waals surface area contributed by atoms with Gasteiger partial charge in [0.1, 0.15) is 11.9 Å². The van der Waals surface area contributed by atoms with E-state index in [9.17, 15) is 0 Å². The van der Waals surface area contributed by atoms with Crippen molar-refractivity contribution in [3.05, 3.63) is 41.5 Å². The fraction of sp³-hybridized carbons (Fsp3) is 0.500. The van der Waals surface area contributed by atoms with Gasteiger partial charge in [0.15, 0.2) is 0 Å². The second kappa shape index (κ2) is 5.15. The molecule has 1 aromatic carbocycles. The lowest BCUT2D eigenvalue weighted by Crippen LogP contribution is -2.37. The predicted octanol–water partition coefficient (Wildman–Crippen LogP) is 3.00. The van der Waals surface area contributed by atoms with Crippen LogP contribution in [0.15, 0.2) is 30.4 Å². The van der Waals surface area contributed by atoms with Gasteiger partial charge in [-0.3, -0.25) is 0 Å². The van der Waals surface area contributed by atoms with E-state index in [0.717, 1.165) is 18.7 Å². The molecule has 2 unspecified atom stereocenters. The number of hydrogen-bond acceptors (Lipinski definition) is 2. The molecule has 0 amide bonds. The number of aryl methyl sites for hydroxylation is 1. The zero-order chi connectivity index (χ0) is 12.4. The molecule has 1 aliphatic carbocycles. The molecule has 0 spiro atoms. The molecule has 1 heterocycles. The summed E-state index contributed by atoms with van der Waals surface area (Å²) in [4.78, 5) is 0. The van der Waals surface area contributed by atoms with Crippen LogP contribution in [-0.4, -0.2) is 18.7 Å². The monoisotopic (exact) mass is 243 g/mol. The van der Waals surface area contributed by atoms with Crippen LogP contribution < -0.4 is 10.1 Å². The highest BCUT2D eigenvalue weighted by molar-refractivity contribution is 5.40. The maximum atomic E-state index is 5.97. The Morgan fingerprint density at radius 2 is 2.28 bits per heavy atom. The minimum Gasteiger partial charge on any atom is -0.488 e. The standard InChI is InChI=1S/C16H21NO/c1-12-7-8-16-13(9-12)10-15(18-16)11-17-14-5-3-2-4-6-14/h2-3,7-9,14-15,17H,4-6,10-11H2,1H3. The Labute approximate surface area is 109 Å². The molecule has 1 aliphatic heterocycles. The minimum atomic E-state index is 0.313. The summed E-state index contributed by atoms with van der Waals surface area (Å²) in [7, 11) is 0. The maximum Gasteiger partial charge on any atom is 0.123 e. The van der Waals surface area contributed by atoms with Gasteiger partial charge in [-0.2, -0.15) is 0 Å². The summed E-state index contributed by atoms with van der Waals surface area (Å²) in [6.07, 6.45) is 9.56. The van der Waals surface area contributed by atoms with Crippen LogP contribution in [-0.2, 0) is 6.42 Å². The zero-order valence-corrected chi connectivity index (χ0v) is 11.0. The molecule has 0 radical (unpaired) electrons. The third kappa shape index (κ3) is 2.59. The average molecular weight is 243 g/mol. The number of ether oxygens (including phenoxy) is 1. The van der Waals surface area contributed by atoms with Gasteiger partial charge >= 0.3 is 0 Å². The molecule has 0 aromatic heterocycles. The Bertz CT molecular complexity index is 452. The second-order valence-electron chi connectivity index (χ2n) is 5.44. The van der Waals surface area contributed by atoms with Gasteiger partial charge in [-0.05, 0) is 37.8 Å². The number of benzene rings is 1. The smallest absolute Gasteiger partial charge is 0.123 e. The Balaban J connectivity index is 1.53. The van der Waals surface area contributed by atoms with E-state index >= 15 is 0 Å². The largest absolute Gasteiger partial charge is 0.488 e. The van der Waals surface area contributed by atoms with Gasteiger partial charge in [0.05, 0.1) is 0 Å². The van der Waals surface area contributed by atoms with Crippen molar-refractivity contribution >= 4 is 0 Å². The van der Waals surface area contributed by atoms with E-state index in [1.54, 1.807) is 0 Å². The van der Waals surface area contributed by atoms with Crippen LogP contribution in [0.25, 0.3) is 0 Å². The molecule has 0 saturated carbocycles. The highest BCUT2D eigenvalue weighted by Crippen LogP contribution is 2.29. The molecular weight excluding hydrogens is 222 g/mol. The molecule has 0 bridgehead atoms. The number of fused-ring (bicyclic) bond motifs is 1. The fourth-order valence-electron chi connectivity index (χ4n) is 2.84. The molecule has 2 aliphatic rings. The van der Waals surface area contributed by atoms with Crippen LogP contribution in [0.5, 0.6) is 5.75 Å². The summed E-state index contributed by atoms with van der Waals surface area (Å²) in [5, 5.41) is 3.64. The first-order chi connectivity index (χ1) is 8.81. The Kier molecular flexibility index (Phi) is 3.37. The molecule has 0 saturated heterocycles. The number of hydrogen-bond donors (Lipinski definition) is 1. The zero-order valence-electron chi connectivity index (χ0n) is 11.0. The number of nitrogens with one attached hydrogen (secondary N) is 1. The van der Waals surface area contributed by atoms with E-state index in [4.69, 9.17) is 4.74 Å². The lowest BCUT2D eigenvalue weighted by Gasteiger charge is -2.21. The van der Waals surface area contributed by atoms with Gasteiger partial charge in [-0.15, -0.1) is 0 Å². The van der Waals surface area contributed by atoms with Crippen LogP contribution in [0.4, 0.5) is 0 Å². The van der Waals surface area contributed by atoms with Crippen molar-refractivity contribution in [2.75, 3.05) is 6.54 Å². The lowest BCUT2D eigenvalue weighted by atomic mass is 10.0. The van der Waals surface area contributed by atoms with E-state index in [1.165, 1.54) is 30.4 Å². The molecule has 1 aromatic rings. The number of allylic oxidation sites excluding steroid dienone is 1. The van der Waals surface area contributed by atoms with Gasteiger partial charge in [-0.25, -0.2) is 0 Å². The van der Waals surface area contributed by atoms with E-state index in [1.807, 2.05) is 0 Å². The van der Waals surface area contributed by atoms with Gasteiger partial charge in [-0.1, -0.05) is 29.8 Å². The van der Waals surface area contributed by atoms with Crippen molar-refractivity contribution in [2.24, 2.45) is 0 Å². The third-order valence-electron chi connectivity index (χ3n) is 3.86. The lowest BCUT2D eigenvalue weighted by molar-refractivity contribution is 0.219. The molecule has 1 N–H and O–H groups in total. The van der Waals surface area contributed by atoms with Crippen LogP contribution in [0, 0.1) is 6.92 Å². The maximum absolute atomic E-state index is 5.97. The molecule has 3 rings (SSSR count). The van der Waals surface area contributed by atoms with Crippen LogP contribution >= 0.6 is 0 Å². The highest BCUT2D eigenvalue weighted by Gasteiger charge is 2.23. The van der Waals surface area contributed by atoms with Crippen molar-refractivity contribution in [3.8, 4) is 5.75 Å². The molecule has 96 valence electrons. The van der Waals surface area contributed by atoms with Crippen molar-refractivity contribution in [3.63, 3.8) is 0 Å². The number of rotatable bonds is 3. The van der Waals surface area contributed by atoms with E-state index < -0.39 is 0 Å². The summed E-state index contributed by atoms with van der Waals surface area (Å²) >= 11 is 0. The Hall–Kier alpha value is -1.28. The van der Waals surface area contributed by atoms with Crippen LogP contribution in [0.3, 0.4) is 0 Å². The first kappa shape index (κ1) is 11.8. The van der Waals surface area contributed by atoms with Crippen LogP contribution in [0.1, 0.15) is 30.4 Å². The normalized spacial score (nSPS) is 25.8. The molecule has 0 fully saturated rings. The summed E-state index contributed by atoms with van der Waals surface area (Å²) < 4.78 is 5.97. The minimum absolute atomic E-state index is 0.313. The van der Waals surface area contributed by atoms with Gasteiger partial charge in [0.25, 0.3) is 0 Å². The van der Waals surface area contributed by atoms with Gasteiger partial charge < -0.3 is 10.1 Å². The van der Waals surface area contributed by atoms with Gasteiger partial charge in [0, 0.05) is 19.0 Å². The molecular formula is C16H21NO. The third-order valence-corrected chi connectivity index (χ3v) is 3.86. The first-order valence-electron chi connectivity index (χ1n) is 6.96. The van der Waals surface area contributed by atoms with Crippen LogP contribution in [0.2, 0.25) is 0 Å². The quantitative estimate of drug-likeness (QED) is 0.824. The summed E-state index contributed by atoms with van der Waals surface area (Å²) in [5.74, 6) is 1.08. The van der Waals surface area contributed by atoms with Crippen molar-refractivity contribution in [1.82, 2.24) is 5.32 Å². The summed E-state index contributed by atoms with van der Waals surface area (Å²) in [6.45, 7) is 3.10. The van der Waals surface area contributed by atoms with E-state index in [-0.39, 0.29) is 0 Å². The second-order valence-corrected chi connectivity index (χ2v) is 5.44. The Morgan fingerprint density at radius 1 is 1.33 bits per heavy atom. The topological polar surface area (TPSA) is 21.3 Å².